The van der Waals surface area contributed by atoms with Gasteiger partial charge in [0.15, 0.2) is 0 Å². The zero-order valence-corrected chi connectivity index (χ0v) is 11.4. The quantitative estimate of drug-likeness (QED) is 0.905. The first-order valence-corrected chi connectivity index (χ1v) is 6.98. The molecule has 1 N–H and O–H groups in total. The third kappa shape index (κ3) is 2.55. The molecule has 4 nitrogen and oxygen atoms in total. The Balaban J connectivity index is 1.72. The minimum Gasteiger partial charge on any atom is -0.440 e. The second kappa shape index (κ2) is 5.02. The number of piperidine rings is 1. The normalized spacial score (nSPS) is 26.8. The first-order valence-electron chi connectivity index (χ1n) is 6.61. The van der Waals surface area contributed by atoms with Gasteiger partial charge in [-0.1, -0.05) is 29.8 Å². The molecule has 1 spiro atoms. The SMILES string of the molecule is O=C1OC2(CCCNC2)CN1Cc1ccccc1Cl. The fourth-order valence-corrected chi connectivity index (χ4v) is 3.00. The largest absolute Gasteiger partial charge is 0.440 e. The van der Waals surface area contributed by atoms with Gasteiger partial charge in [0.2, 0.25) is 0 Å². The van der Waals surface area contributed by atoms with Crippen molar-refractivity contribution in [3.63, 3.8) is 0 Å². The molecule has 2 heterocycles. The fourth-order valence-electron chi connectivity index (χ4n) is 2.81. The molecule has 5 heteroatoms. The van der Waals surface area contributed by atoms with E-state index in [1.807, 2.05) is 24.3 Å². The zero-order chi connectivity index (χ0) is 13.3. The summed E-state index contributed by atoms with van der Waals surface area (Å²) in [5.74, 6) is 0. The highest BCUT2D eigenvalue weighted by Gasteiger charge is 2.45. The van der Waals surface area contributed by atoms with Gasteiger partial charge in [-0.05, 0) is 31.0 Å². The van der Waals surface area contributed by atoms with Crippen LogP contribution in [0.5, 0.6) is 0 Å². The molecule has 1 unspecified atom stereocenters. The summed E-state index contributed by atoms with van der Waals surface area (Å²) in [6.07, 6.45) is 1.75. The number of rotatable bonds is 2. The second-order valence-electron chi connectivity index (χ2n) is 5.28. The van der Waals surface area contributed by atoms with Crippen LogP contribution in [0.25, 0.3) is 0 Å². The molecule has 0 radical (unpaired) electrons. The summed E-state index contributed by atoms with van der Waals surface area (Å²) in [6.45, 7) is 2.91. The number of benzene rings is 1. The van der Waals surface area contributed by atoms with Gasteiger partial charge in [-0.25, -0.2) is 4.79 Å². The highest BCUT2D eigenvalue weighted by atomic mass is 35.5. The van der Waals surface area contributed by atoms with Gasteiger partial charge in [-0.3, -0.25) is 4.90 Å². The highest BCUT2D eigenvalue weighted by molar-refractivity contribution is 6.31. The molecular formula is C14H17ClN2O2. The average molecular weight is 281 g/mol. The van der Waals surface area contributed by atoms with Crippen molar-refractivity contribution in [1.82, 2.24) is 10.2 Å². The van der Waals surface area contributed by atoms with E-state index in [4.69, 9.17) is 16.3 Å². The Hall–Kier alpha value is -1.26. The molecule has 2 aliphatic heterocycles. The van der Waals surface area contributed by atoms with Crippen molar-refractivity contribution in [2.24, 2.45) is 0 Å². The molecule has 2 saturated heterocycles. The van der Waals surface area contributed by atoms with Gasteiger partial charge >= 0.3 is 6.09 Å². The van der Waals surface area contributed by atoms with E-state index in [1.165, 1.54) is 0 Å². The van der Waals surface area contributed by atoms with E-state index in [9.17, 15) is 4.79 Å². The Bertz CT molecular complexity index is 486. The van der Waals surface area contributed by atoms with Crippen LogP contribution in [0.15, 0.2) is 24.3 Å². The maximum Gasteiger partial charge on any atom is 0.410 e. The van der Waals surface area contributed by atoms with Gasteiger partial charge in [0.05, 0.1) is 13.1 Å². The molecule has 0 saturated carbocycles. The third-order valence-electron chi connectivity index (χ3n) is 3.79. The van der Waals surface area contributed by atoms with Crippen LogP contribution in [0.4, 0.5) is 4.79 Å². The first kappa shape index (κ1) is 12.8. The van der Waals surface area contributed by atoms with Crippen LogP contribution in [0, 0.1) is 0 Å². The molecule has 102 valence electrons. The van der Waals surface area contributed by atoms with E-state index in [1.54, 1.807) is 4.90 Å². The Kier molecular flexibility index (Phi) is 3.37. The molecule has 1 aromatic carbocycles. The summed E-state index contributed by atoms with van der Waals surface area (Å²) in [5, 5.41) is 4.00. The molecule has 0 aromatic heterocycles. The van der Waals surface area contributed by atoms with Crippen LogP contribution in [-0.4, -0.2) is 36.2 Å². The Labute approximate surface area is 117 Å². The standard InChI is InChI=1S/C14H17ClN2O2/c15-12-5-2-1-4-11(12)8-17-10-14(19-13(17)18)6-3-7-16-9-14/h1-2,4-5,16H,3,6-10H2. The summed E-state index contributed by atoms with van der Waals surface area (Å²) in [7, 11) is 0. The highest BCUT2D eigenvalue weighted by Crippen LogP contribution is 2.30. The predicted octanol–water partition coefficient (Wildman–Crippen LogP) is 2.41. The summed E-state index contributed by atoms with van der Waals surface area (Å²) in [5.41, 5.74) is 0.623. The molecule has 3 rings (SSSR count). The molecule has 1 amide bonds. The summed E-state index contributed by atoms with van der Waals surface area (Å²) >= 11 is 6.14. The maximum absolute atomic E-state index is 12.0. The number of carbonyl (C=O) groups is 1. The van der Waals surface area contributed by atoms with Gasteiger partial charge in [0, 0.05) is 11.6 Å². The molecule has 2 fully saturated rings. The van der Waals surface area contributed by atoms with E-state index in [2.05, 4.69) is 5.32 Å². The van der Waals surface area contributed by atoms with Gasteiger partial charge in [-0.2, -0.15) is 0 Å². The van der Waals surface area contributed by atoms with E-state index >= 15 is 0 Å². The molecule has 2 aliphatic rings. The lowest BCUT2D eigenvalue weighted by Gasteiger charge is -2.31. The molecule has 1 aromatic rings. The topological polar surface area (TPSA) is 41.6 Å². The molecule has 0 aliphatic carbocycles. The molecule has 19 heavy (non-hydrogen) atoms. The Morgan fingerprint density at radius 2 is 2.26 bits per heavy atom. The Morgan fingerprint density at radius 3 is 3.00 bits per heavy atom. The second-order valence-corrected chi connectivity index (χ2v) is 5.69. The number of carbonyl (C=O) groups excluding carboxylic acids is 1. The van der Waals surface area contributed by atoms with E-state index in [0.717, 1.165) is 31.5 Å². The number of hydrogen-bond acceptors (Lipinski definition) is 3. The van der Waals surface area contributed by atoms with Crippen molar-refractivity contribution in [2.45, 2.75) is 25.0 Å². The number of nitrogens with one attached hydrogen (secondary N) is 1. The van der Waals surface area contributed by atoms with Crippen molar-refractivity contribution >= 4 is 17.7 Å². The lowest BCUT2D eigenvalue weighted by molar-refractivity contribution is 0.0366. The fraction of sp³-hybridized carbons (Fsp3) is 0.500. The average Bonchev–Trinajstić information content (AvgIpc) is 2.69. The summed E-state index contributed by atoms with van der Waals surface area (Å²) in [6, 6.07) is 7.61. The number of hydrogen-bond donors (Lipinski definition) is 1. The van der Waals surface area contributed by atoms with Crippen molar-refractivity contribution in [2.75, 3.05) is 19.6 Å². The van der Waals surface area contributed by atoms with E-state index < -0.39 is 0 Å². The van der Waals surface area contributed by atoms with Crippen LogP contribution >= 0.6 is 11.6 Å². The Morgan fingerprint density at radius 1 is 1.42 bits per heavy atom. The van der Waals surface area contributed by atoms with Crippen molar-refractivity contribution in [3.05, 3.63) is 34.9 Å². The lowest BCUT2D eigenvalue weighted by atomic mass is 9.94. The lowest BCUT2D eigenvalue weighted by Crippen LogP contribution is -2.48. The van der Waals surface area contributed by atoms with Crippen LogP contribution in [0.2, 0.25) is 5.02 Å². The monoisotopic (exact) mass is 280 g/mol. The van der Waals surface area contributed by atoms with E-state index in [0.29, 0.717) is 18.1 Å². The minimum absolute atomic E-state index is 0.233. The first-order chi connectivity index (χ1) is 9.19. The van der Waals surface area contributed by atoms with Crippen LogP contribution in [0.3, 0.4) is 0 Å². The van der Waals surface area contributed by atoms with Crippen LogP contribution < -0.4 is 5.32 Å². The number of nitrogens with zero attached hydrogens (tertiary/aromatic N) is 1. The van der Waals surface area contributed by atoms with Crippen LogP contribution in [0.1, 0.15) is 18.4 Å². The van der Waals surface area contributed by atoms with Gasteiger partial charge in [-0.15, -0.1) is 0 Å². The maximum atomic E-state index is 12.0. The number of ether oxygens (including phenoxy) is 1. The van der Waals surface area contributed by atoms with Crippen LogP contribution in [-0.2, 0) is 11.3 Å². The molecule has 1 atom stereocenters. The van der Waals surface area contributed by atoms with Gasteiger partial charge in [0.1, 0.15) is 5.60 Å². The summed E-state index contributed by atoms with van der Waals surface area (Å²) < 4.78 is 5.60. The van der Waals surface area contributed by atoms with Crippen molar-refractivity contribution in [3.8, 4) is 0 Å². The van der Waals surface area contributed by atoms with E-state index in [-0.39, 0.29) is 11.7 Å². The summed E-state index contributed by atoms with van der Waals surface area (Å²) in [4.78, 5) is 13.7. The molecular weight excluding hydrogens is 264 g/mol. The number of amides is 1. The zero-order valence-electron chi connectivity index (χ0n) is 10.7. The predicted molar refractivity (Wildman–Crippen MR) is 73.2 cm³/mol. The van der Waals surface area contributed by atoms with Crippen molar-refractivity contribution < 1.29 is 9.53 Å². The number of halogens is 1. The van der Waals surface area contributed by atoms with Gasteiger partial charge < -0.3 is 10.1 Å². The smallest absolute Gasteiger partial charge is 0.410 e. The van der Waals surface area contributed by atoms with Gasteiger partial charge in [0.25, 0.3) is 0 Å². The third-order valence-corrected chi connectivity index (χ3v) is 4.16. The van der Waals surface area contributed by atoms with Crippen molar-refractivity contribution in [1.29, 1.82) is 0 Å². The minimum atomic E-state index is -0.337. The molecule has 0 bridgehead atoms.